The molecule has 0 saturated heterocycles. The summed E-state index contributed by atoms with van der Waals surface area (Å²) in [6.45, 7) is 0.385. The fourth-order valence-corrected chi connectivity index (χ4v) is 2.07. The van der Waals surface area contributed by atoms with E-state index in [4.69, 9.17) is 11.6 Å². The molecular weight excluding hydrogens is 324 g/mol. The molecule has 0 aromatic heterocycles. The number of rotatable bonds is 3. The fraction of sp³-hybridized carbons (Fsp3) is 0.0769. The van der Waals surface area contributed by atoms with Gasteiger partial charge in [-0.3, -0.25) is 0 Å². The molecule has 1 nitrogen and oxygen atoms in total. The molecule has 94 valence electrons. The van der Waals surface area contributed by atoms with Crippen LogP contribution in [0.3, 0.4) is 0 Å². The zero-order valence-corrected chi connectivity index (χ0v) is 11.5. The Labute approximate surface area is 117 Å². The highest BCUT2D eigenvalue weighted by atomic mass is 79.9. The van der Waals surface area contributed by atoms with Crippen LogP contribution in [0.1, 0.15) is 5.56 Å². The molecule has 0 unspecified atom stereocenters. The van der Waals surface area contributed by atoms with E-state index in [0.717, 1.165) is 16.2 Å². The maximum Gasteiger partial charge on any atom is 0.159 e. The van der Waals surface area contributed by atoms with Gasteiger partial charge in [0.15, 0.2) is 11.6 Å². The zero-order chi connectivity index (χ0) is 13.1. The first-order valence-electron chi connectivity index (χ1n) is 5.20. The summed E-state index contributed by atoms with van der Waals surface area (Å²) in [5.74, 6) is -1.69. The highest BCUT2D eigenvalue weighted by molar-refractivity contribution is 9.10. The monoisotopic (exact) mass is 331 g/mol. The smallest absolute Gasteiger partial charge is 0.159 e. The molecule has 2 aromatic rings. The molecule has 0 saturated carbocycles. The van der Waals surface area contributed by atoms with Gasteiger partial charge in [0.2, 0.25) is 0 Å². The van der Waals surface area contributed by atoms with E-state index in [2.05, 4.69) is 21.2 Å². The van der Waals surface area contributed by atoms with Crippen LogP contribution in [0.15, 0.2) is 40.9 Å². The predicted molar refractivity (Wildman–Crippen MR) is 72.8 cm³/mol. The normalized spacial score (nSPS) is 10.4. The Morgan fingerprint density at radius 2 is 1.89 bits per heavy atom. The molecule has 0 bridgehead atoms. The number of benzene rings is 2. The second-order valence-electron chi connectivity index (χ2n) is 3.70. The van der Waals surface area contributed by atoms with Gasteiger partial charge in [0.25, 0.3) is 0 Å². The van der Waals surface area contributed by atoms with Gasteiger partial charge in [-0.1, -0.05) is 23.7 Å². The number of anilines is 1. The third kappa shape index (κ3) is 3.00. The summed E-state index contributed by atoms with van der Waals surface area (Å²) < 4.78 is 26.5. The molecule has 5 heteroatoms. The fourth-order valence-electron chi connectivity index (χ4n) is 1.49. The molecule has 0 fully saturated rings. The lowest BCUT2D eigenvalue weighted by Gasteiger charge is -2.09. The third-order valence-corrected chi connectivity index (χ3v) is 3.82. The van der Waals surface area contributed by atoms with Gasteiger partial charge in [-0.05, 0) is 45.8 Å². The molecule has 0 atom stereocenters. The SMILES string of the molecule is Fc1ccc(CNc2cccc(Cl)c2Br)cc1F. The first kappa shape index (κ1) is 13.3. The average molecular weight is 333 g/mol. The minimum atomic E-state index is -0.848. The van der Waals surface area contributed by atoms with Crippen LogP contribution in [0, 0.1) is 11.6 Å². The molecular formula is C13H9BrClF2N. The number of hydrogen-bond acceptors (Lipinski definition) is 1. The van der Waals surface area contributed by atoms with Gasteiger partial charge in [0.1, 0.15) is 0 Å². The Morgan fingerprint density at radius 1 is 1.11 bits per heavy atom. The van der Waals surface area contributed by atoms with Crippen molar-refractivity contribution in [2.45, 2.75) is 6.54 Å². The van der Waals surface area contributed by atoms with Gasteiger partial charge in [-0.25, -0.2) is 8.78 Å². The molecule has 0 aliphatic heterocycles. The minimum absolute atomic E-state index is 0.385. The number of halogens is 4. The average Bonchev–Trinajstić information content (AvgIpc) is 2.35. The second kappa shape index (κ2) is 5.67. The van der Waals surface area contributed by atoms with Crippen LogP contribution >= 0.6 is 27.5 Å². The van der Waals surface area contributed by atoms with E-state index in [1.54, 1.807) is 12.1 Å². The molecule has 2 aromatic carbocycles. The summed E-state index contributed by atoms with van der Waals surface area (Å²) in [5, 5.41) is 3.68. The van der Waals surface area contributed by atoms with E-state index in [1.165, 1.54) is 12.1 Å². The lowest BCUT2D eigenvalue weighted by atomic mass is 10.2. The quantitative estimate of drug-likeness (QED) is 0.834. The van der Waals surface area contributed by atoms with Crippen LogP contribution in [0.2, 0.25) is 5.02 Å². The number of hydrogen-bond donors (Lipinski definition) is 1. The predicted octanol–water partition coefficient (Wildman–Crippen LogP) is 4.99. The highest BCUT2D eigenvalue weighted by Crippen LogP contribution is 2.30. The van der Waals surface area contributed by atoms with Gasteiger partial charge in [-0.2, -0.15) is 0 Å². The van der Waals surface area contributed by atoms with Crippen LogP contribution in [0.25, 0.3) is 0 Å². The first-order valence-corrected chi connectivity index (χ1v) is 6.37. The molecule has 18 heavy (non-hydrogen) atoms. The summed E-state index contributed by atoms with van der Waals surface area (Å²) in [6.07, 6.45) is 0. The van der Waals surface area contributed by atoms with Crippen LogP contribution < -0.4 is 5.32 Å². The van der Waals surface area contributed by atoms with Crippen molar-refractivity contribution in [1.29, 1.82) is 0 Å². The van der Waals surface area contributed by atoms with Crippen LogP contribution in [0.4, 0.5) is 14.5 Å². The summed E-state index contributed by atoms with van der Waals surface area (Å²) in [6, 6.07) is 9.22. The third-order valence-electron chi connectivity index (χ3n) is 2.42. The molecule has 0 aliphatic carbocycles. The van der Waals surface area contributed by atoms with Crippen molar-refractivity contribution < 1.29 is 8.78 Å². The van der Waals surface area contributed by atoms with Crippen LogP contribution in [0.5, 0.6) is 0 Å². The molecule has 0 aliphatic rings. The van der Waals surface area contributed by atoms with Crippen molar-refractivity contribution >= 4 is 33.2 Å². The van der Waals surface area contributed by atoms with Gasteiger partial charge in [0.05, 0.1) is 15.2 Å². The highest BCUT2D eigenvalue weighted by Gasteiger charge is 2.05. The Hall–Kier alpha value is -1.13. The maximum atomic E-state index is 13.0. The van der Waals surface area contributed by atoms with E-state index >= 15 is 0 Å². The second-order valence-corrected chi connectivity index (χ2v) is 4.90. The molecule has 0 radical (unpaired) electrons. The summed E-state index contributed by atoms with van der Waals surface area (Å²) >= 11 is 9.30. The molecule has 1 N–H and O–H groups in total. The van der Waals surface area contributed by atoms with Gasteiger partial charge >= 0.3 is 0 Å². The maximum absolute atomic E-state index is 13.0. The van der Waals surface area contributed by atoms with E-state index in [0.29, 0.717) is 17.1 Å². The molecule has 0 heterocycles. The van der Waals surface area contributed by atoms with Crippen molar-refractivity contribution in [3.8, 4) is 0 Å². The van der Waals surface area contributed by atoms with Gasteiger partial charge < -0.3 is 5.32 Å². The topological polar surface area (TPSA) is 12.0 Å². The van der Waals surface area contributed by atoms with E-state index in [-0.39, 0.29) is 0 Å². The Kier molecular flexibility index (Phi) is 4.19. The van der Waals surface area contributed by atoms with Crippen molar-refractivity contribution in [2.24, 2.45) is 0 Å². The van der Waals surface area contributed by atoms with Crippen LogP contribution in [-0.2, 0) is 6.54 Å². The number of nitrogens with one attached hydrogen (secondary N) is 1. The summed E-state index contributed by atoms with van der Waals surface area (Å²) in [4.78, 5) is 0. The first-order chi connectivity index (χ1) is 8.58. The van der Waals surface area contributed by atoms with Gasteiger partial charge in [-0.15, -0.1) is 0 Å². The van der Waals surface area contributed by atoms with Crippen molar-refractivity contribution in [3.05, 3.63) is 63.1 Å². The molecule has 0 amide bonds. The zero-order valence-electron chi connectivity index (χ0n) is 9.18. The summed E-state index contributed by atoms with van der Waals surface area (Å²) in [7, 11) is 0. The lowest BCUT2D eigenvalue weighted by Crippen LogP contribution is -2.01. The van der Waals surface area contributed by atoms with Gasteiger partial charge in [0, 0.05) is 6.54 Å². The van der Waals surface area contributed by atoms with E-state index < -0.39 is 11.6 Å². The van der Waals surface area contributed by atoms with Crippen molar-refractivity contribution in [3.63, 3.8) is 0 Å². The minimum Gasteiger partial charge on any atom is -0.380 e. The van der Waals surface area contributed by atoms with E-state index in [9.17, 15) is 8.78 Å². The largest absolute Gasteiger partial charge is 0.380 e. The molecule has 0 spiro atoms. The Morgan fingerprint density at radius 3 is 2.61 bits per heavy atom. The van der Waals surface area contributed by atoms with E-state index in [1.807, 2.05) is 6.07 Å². The lowest BCUT2D eigenvalue weighted by molar-refractivity contribution is 0.507. The summed E-state index contributed by atoms with van der Waals surface area (Å²) in [5.41, 5.74) is 1.45. The van der Waals surface area contributed by atoms with Crippen LogP contribution in [-0.4, -0.2) is 0 Å². The standard InChI is InChI=1S/C13H9BrClF2N/c14-13-9(15)2-1-3-12(13)18-7-8-4-5-10(16)11(17)6-8/h1-6,18H,7H2. The Balaban J connectivity index is 2.11. The van der Waals surface area contributed by atoms with Crippen molar-refractivity contribution in [1.82, 2.24) is 0 Å². The van der Waals surface area contributed by atoms with Crippen molar-refractivity contribution in [2.75, 3.05) is 5.32 Å². The Bertz CT molecular complexity index is 575. The molecule has 2 rings (SSSR count).